The second kappa shape index (κ2) is 9.14. The van der Waals surface area contributed by atoms with Gasteiger partial charge in [0.25, 0.3) is 0 Å². The predicted octanol–water partition coefficient (Wildman–Crippen LogP) is 0.995. The van der Waals surface area contributed by atoms with Crippen LogP contribution in [0.4, 0.5) is 0 Å². The van der Waals surface area contributed by atoms with E-state index in [9.17, 15) is 29.7 Å². The zero-order valence-corrected chi connectivity index (χ0v) is 21.2. The van der Waals surface area contributed by atoms with Crippen LogP contribution >= 0.6 is 0 Å². The lowest BCUT2D eigenvalue weighted by molar-refractivity contribution is -0.243. The molecule has 0 radical (unpaired) electrons. The second-order valence-corrected chi connectivity index (χ2v) is 10.3. The van der Waals surface area contributed by atoms with Crippen molar-refractivity contribution < 1.29 is 43.9 Å². The molecule has 38 heavy (non-hydrogen) atoms. The summed E-state index contributed by atoms with van der Waals surface area (Å²) in [4.78, 5) is 39.8. The molecule has 5 rings (SSSR count). The molecule has 0 bridgehead atoms. The molecule has 11 heteroatoms. The lowest BCUT2D eigenvalue weighted by Gasteiger charge is -2.42. The zero-order chi connectivity index (χ0) is 27.7. The van der Waals surface area contributed by atoms with Gasteiger partial charge in [-0.25, -0.2) is 0 Å². The Kier molecular flexibility index (Phi) is 6.32. The van der Waals surface area contributed by atoms with Crippen molar-refractivity contribution in [3.8, 4) is 17.2 Å². The molecule has 2 aromatic rings. The Hall–Kier alpha value is -3.35. The smallest absolute Gasteiger partial charge is 0.202 e. The number of rotatable bonds is 4. The van der Waals surface area contributed by atoms with Crippen LogP contribution in [0.3, 0.4) is 0 Å². The molecule has 1 saturated heterocycles. The van der Waals surface area contributed by atoms with Gasteiger partial charge in [-0.3, -0.25) is 14.4 Å². The third-order valence-corrected chi connectivity index (χ3v) is 7.89. The number of aromatic hydroxyl groups is 2. The van der Waals surface area contributed by atoms with Crippen molar-refractivity contribution >= 4 is 17.3 Å². The van der Waals surface area contributed by atoms with Crippen molar-refractivity contribution in [1.82, 2.24) is 0 Å². The molecule has 2 unspecified atom stereocenters. The number of methoxy groups -OCH3 is 1. The van der Waals surface area contributed by atoms with Gasteiger partial charge in [-0.2, -0.15) is 0 Å². The fraction of sp³-hybridized carbons (Fsp3) is 0.444. The van der Waals surface area contributed by atoms with Crippen molar-refractivity contribution in [2.75, 3.05) is 7.11 Å². The van der Waals surface area contributed by atoms with E-state index in [1.807, 2.05) is 0 Å². The number of ketones is 3. The first-order chi connectivity index (χ1) is 17.9. The maximum absolute atomic E-state index is 13.6. The number of benzene rings is 2. The lowest BCUT2D eigenvalue weighted by atomic mass is 9.71. The van der Waals surface area contributed by atoms with E-state index in [1.165, 1.54) is 26.2 Å². The van der Waals surface area contributed by atoms with E-state index >= 15 is 0 Å². The monoisotopic (exact) mass is 526 g/mol. The minimum absolute atomic E-state index is 0.0195. The summed E-state index contributed by atoms with van der Waals surface area (Å²) < 4.78 is 17.2. The Bertz CT molecular complexity index is 1360. The third kappa shape index (κ3) is 3.81. The molecule has 3 aliphatic rings. The minimum atomic E-state index is -1.50. The first-order valence-electron chi connectivity index (χ1n) is 12.3. The number of aliphatic hydroxyl groups excluding tert-OH is 1. The second-order valence-electron chi connectivity index (χ2n) is 10.3. The quantitative estimate of drug-likeness (QED) is 0.305. The first kappa shape index (κ1) is 26.3. The minimum Gasteiger partial charge on any atom is -0.507 e. The highest BCUT2D eigenvalue weighted by molar-refractivity contribution is 6.31. The topological polar surface area (TPSA) is 192 Å². The summed E-state index contributed by atoms with van der Waals surface area (Å²) in [6, 6.07) is 3.85. The Balaban J connectivity index is 1.68. The largest absolute Gasteiger partial charge is 0.507 e. The summed E-state index contributed by atoms with van der Waals surface area (Å²) in [5, 5.41) is 33.0. The lowest BCUT2D eigenvalue weighted by Crippen LogP contribution is -2.54. The fourth-order valence-corrected chi connectivity index (χ4v) is 5.71. The molecular weight excluding hydrogens is 496 g/mol. The normalized spacial score (nSPS) is 30.3. The van der Waals surface area contributed by atoms with Crippen LogP contribution in [0.2, 0.25) is 0 Å². The Labute approximate surface area is 218 Å². The standard InChI is InChI=1S/C27H30N2O9/c1-10-22(31)14(28)7-17(37-10)38-16-9-27(29,11(2)30)8-13-19(16)26(35)20-21(24(13)33)25(34)18-12(23(20)32)5-4-6-15(18)36-3/h4-6,10,14,16-17,22,31,33,35H,7-9,28-29H2,1-3H3/t10-,14+,16?,17+,22+,27?/m1/s1. The average Bonchev–Trinajstić information content (AvgIpc) is 2.87. The van der Waals surface area contributed by atoms with E-state index in [4.69, 9.17) is 25.7 Å². The summed E-state index contributed by atoms with van der Waals surface area (Å²) in [7, 11) is 1.35. The van der Waals surface area contributed by atoms with Gasteiger partial charge in [0.15, 0.2) is 12.1 Å². The zero-order valence-electron chi connectivity index (χ0n) is 21.2. The van der Waals surface area contributed by atoms with Gasteiger partial charge in [0, 0.05) is 42.0 Å². The van der Waals surface area contributed by atoms with Crippen molar-refractivity contribution in [3.63, 3.8) is 0 Å². The SMILES string of the molecule is COc1cccc2c1C(=O)c1c(O)c3c(c(O)c1C2=O)C(O[C@H]1C[C@H](N)[C@@H](O)[C@@H](C)O1)CC(N)(C(C)=O)C3. The number of phenolic OH excluding ortho intramolecular Hbond substituents is 2. The number of nitrogens with two attached hydrogens (primary N) is 2. The number of carbonyl (C=O) groups excluding carboxylic acids is 3. The van der Waals surface area contributed by atoms with Gasteiger partial charge < -0.3 is 41.0 Å². The predicted molar refractivity (Wildman–Crippen MR) is 132 cm³/mol. The van der Waals surface area contributed by atoms with Crippen LogP contribution in [0.1, 0.15) is 75.8 Å². The highest BCUT2D eigenvalue weighted by Gasteiger charge is 2.48. The van der Waals surface area contributed by atoms with Gasteiger partial charge in [-0.05, 0) is 19.9 Å². The van der Waals surface area contributed by atoms with Crippen LogP contribution in [-0.2, 0) is 20.7 Å². The number of carbonyl (C=O) groups is 3. The Morgan fingerprint density at radius 3 is 2.45 bits per heavy atom. The number of ether oxygens (including phenoxy) is 3. The molecular formula is C27H30N2O9. The maximum atomic E-state index is 13.6. The highest BCUT2D eigenvalue weighted by atomic mass is 16.7. The van der Waals surface area contributed by atoms with Crippen LogP contribution in [0, 0.1) is 0 Å². The van der Waals surface area contributed by atoms with Gasteiger partial charge in [0.1, 0.15) is 23.0 Å². The molecule has 11 nitrogen and oxygen atoms in total. The molecule has 1 aliphatic heterocycles. The summed E-state index contributed by atoms with van der Waals surface area (Å²) >= 11 is 0. The van der Waals surface area contributed by atoms with Crippen LogP contribution in [0.15, 0.2) is 18.2 Å². The molecule has 0 aromatic heterocycles. The van der Waals surface area contributed by atoms with E-state index in [2.05, 4.69) is 0 Å². The number of hydrogen-bond acceptors (Lipinski definition) is 11. The molecule has 0 saturated carbocycles. The molecule has 202 valence electrons. The van der Waals surface area contributed by atoms with E-state index in [-0.39, 0.29) is 58.4 Å². The Morgan fingerprint density at radius 2 is 1.82 bits per heavy atom. The van der Waals surface area contributed by atoms with Gasteiger partial charge in [-0.15, -0.1) is 0 Å². The van der Waals surface area contributed by atoms with Crippen LogP contribution < -0.4 is 16.2 Å². The molecule has 2 aliphatic carbocycles. The summed E-state index contributed by atoms with van der Waals surface area (Å²) in [6.45, 7) is 2.94. The number of aliphatic hydroxyl groups is 1. The summed E-state index contributed by atoms with van der Waals surface area (Å²) in [6.07, 6.45) is -3.79. The fourth-order valence-electron chi connectivity index (χ4n) is 5.71. The van der Waals surface area contributed by atoms with Gasteiger partial charge in [-0.1, -0.05) is 12.1 Å². The van der Waals surface area contributed by atoms with Crippen LogP contribution in [0.25, 0.3) is 0 Å². The molecule has 2 aromatic carbocycles. The van der Waals surface area contributed by atoms with E-state index in [0.29, 0.717) is 0 Å². The number of Topliss-reactive ketones (excluding diaryl/α,β-unsaturated/α-hetero) is 1. The van der Waals surface area contributed by atoms with Gasteiger partial charge in [0.2, 0.25) is 5.78 Å². The van der Waals surface area contributed by atoms with Crippen molar-refractivity contribution in [2.45, 2.75) is 69.3 Å². The van der Waals surface area contributed by atoms with Crippen LogP contribution in [-0.4, -0.2) is 69.9 Å². The molecule has 6 atom stereocenters. The summed E-state index contributed by atoms with van der Waals surface area (Å²) in [5.74, 6) is -2.73. The van der Waals surface area contributed by atoms with Crippen molar-refractivity contribution in [3.05, 3.63) is 51.6 Å². The number of phenols is 2. The number of fused-ring (bicyclic) bond motifs is 3. The third-order valence-electron chi connectivity index (χ3n) is 7.89. The molecule has 1 fully saturated rings. The first-order valence-corrected chi connectivity index (χ1v) is 12.3. The molecule has 0 amide bonds. The molecule has 7 N–H and O–H groups in total. The van der Waals surface area contributed by atoms with E-state index < -0.39 is 65.0 Å². The van der Waals surface area contributed by atoms with Crippen molar-refractivity contribution in [1.29, 1.82) is 0 Å². The van der Waals surface area contributed by atoms with Gasteiger partial charge >= 0.3 is 0 Å². The molecule has 1 heterocycles. The number of hydrogen-bond donors (Lipinski definition) is 5. The maximum Gasteiger partial charge on any atom is 0.202 e. The van der Waals surface area contributed by atoms with Crippen molar-refractivity contribution in [2.24, 2.45) is 11.5 Å². The van der Waals surface area contributed by atoms with Crippen LogP contribution in [0.5, 0.6) is 17.2 Å². The summed E-state index contributed by atoms with van der Waals surface area (Å²) in [5.41, 5.74) is 10.3. The Morgan fingerprint density at radius 1 is 1.13 bits per heavy atom. The van der Waals surface area contributed by atoms with Gasteiger partial charge in [0.05, 0.1) is 47.7 Å². The van der Waals surface area contributed by atoms with E-state index in [1.54, 1.807) is 13.0 Å². The van der Waals surface area contributed by atoms with E-state index in [0.717, 1.165) is 0 Å². The molecule has 0 spiro atoms. The highest BCUT2D eigenvalue weighted by Crippen LogP contribution is 2.52. The average molecular weight is 527 g/mol.